The molecule has 0 saturated carbocycles. The number of benzene rings is 2. The number of Topliss-reactive ketones (excluding diaryl/α,β-unsaturated/α-hetero) is 1. The molecule has 2 aromatic rings. The molecular weight excluding hydrogens is 279 g/mol. The molecule has 0 amide bonds. The van der Waals surface area contributed by atoms with Gasteiger partial charge in [0.2, 0.25) is 0 Å². The molecule has 0 aliphatic heterocycles. The highest BCUT2D eigenvalue weighted by Gasteiger charge is 2.14. The Morgan fingerprint density at radius 2 is 2.05 bits per heavy atom. The van der Waals surface area contributed by atoms with E-state index in [1.807, 2.05) is 6.92 Å². The highest BCUT2D eigenvalue weighted by molar-refractivity contribution is 6.30. The van der Waals surface area contributed by atoms with Gasteiger partial charge in [-0.15, -0.1) is 0 Å². The molecular formula is C16H14ClFO2. The number of methoxy groups -OCH3 is 1. The van der Waals surface area contributed by atoms with Crippen molar-refractivity contribution < 1.29 is 13.9 Å². The molecule has 0 heterocycles. The second-order valence-corrected chi connectivity index (χ2v) is 4.90. The van der Waals surface area contributed by atoms with Gasteiger partial charge in [0.1, 0.15) is 11.6 Å². The number of aryl methyl sites for hydroxylation is 1. The van der Waals surface area contributed by atoms with Crippen LogP contribution in [0, 0.1) is 12.7 Å². The predicted molar refractivity (Wildman–Crippen MR) is 77.2 cm³/mol. The predicted octanol–water partition coefficient (Wildman–Crippen LogP) is 4.22. The van der Waals surface area contributed by atoms with Crippen molar-refractivity contribution in [2.75, 3.05) is 7.11 Å². The fraction of sp³-hybridized carbons (Fsp3) is 0.188. The Balaban J connectivity index is 2.26. The van der Waals surface area contributed by atoms with Gasteiger partial charge in [0.25, 0.3) is 0 Å². The number of halogens is 2. The Morgan fingerprint density at radius 1 is 1.30 bits per heavy atom. The van der Waals surface area contributed by atoms with Crippen molar-refractivity contribution in [3.8, 4) is 5.75 Å². The molecule has 2 rings (SSSR count). The molecule has 0 unspecified atom stereocenters. The Morgan fingerprint density at radius 3 is 2.70 bits per heavy atom. The van der Waals surface area contributed by atoms with Gasteiger partial charge in [-0.05, 0) is 42.3 Å². The second kappa shape index (κ2) is 6.06. The fourth-order valence-electron chi connectivity index (χ4n) is 2.03. The quantitative estimate of drug-likeness (QED) is 0.789. The average molecular weight is 293 g/mol. The van der Waals surface area contributed by atoms with Crippen LogP contribution in [0.3, 0.4) is 0 Å². The first-order valence-electron chi connectivity index (χ1n) is 6.13. The molecule has 20 heavy (non-hydrogen) atoms. The minimum Gasteiger partial charge on any atom is -0.497 e. The molecule has 0 fully saturated rings. The van der Waals surface area contributed by atoms with Gasteiger partial charge in [-0.25, -0.2) is 4.39 Å². The number of carbonyl (C=O) groups excluding carboxylic acids is 1. The van der Waals surface area contributed by atoms with Crippen molar-refractivity contribution >= 4 is 17.4 Å². The van der Waals surface area contributed by atoms with E-state index < -0.39 is 5.82 Å². The number of ketones is 1. The third-order valence-corrected chi connectivity index (χ3v) is 3.41. The molecule has 104 valence electrons. The van der Waals surface area contributed by atoms with Crippen LogP contribution in [0.2, 0.25) is 5.02 Å². The molecule has 2 aromatic carbocycles. The van der Waals surface area contributed by atoms with Gasteiger partial charge in [0.15, 0.2) is 5.78 Å². The summed E-state index contributed by atoms with van der Waals surface area (Å²) in [5.41, 5.74) is 1.67. The summed E-state index contributed by atoms with van der Waals surface area (Å²) in [5, 5.41) is 0.0294. The Bertz CT molecular complexity index is 653. The zero-order valence-electron chi connectivity index (χ0n) is 11.2. The highest BCUT2D eigenvalue weighted by Crippen LogP contribution is 2.22. The molecule has 0 atom stereocenters. The van der Waals surface area contributed by atoms with Gasteiger partial charge < -0.3 is 4.74 Å². The maximum Gasteiger partial charge on any atom is 0.167 e. The third-order valence-electron chi connectivity index (χ3n) is 3.12. The first-order valence-corrected chi connectivity index (χ1v) is 6.51. The van der Waals surface area contributed by atoms with Crippen LogP contribution in [-0.2, 0) is 6.42 Å². The Labute approximate surface area is 122 Å². The van der Waals surface area contributed by atoms with Gasteiger partial charge in [0, 0.05) is 12.0 Å². The zero-order valence-corrected chi connectivity index (χ0v) is 12.0. The van der Waals surface area contributed by atoms with Crippen molar-refractivity contribution in [2.24, 2.45) is 0 Å². The molecule has 2 nitrogen and oxygen atoms in total. The summed E-state index contributed by atoms with van der Waals surface area (Å²) in [6, 6.07) is 9.85. The smallest absolute Gasteiger partial charge is 0.167 e. The zero-order chi connectivity index (χ0) is 14.7. The van der Waals surface area contributed by atoms with Crippen LogP contribution in [0.4, 0.5) is 4.39 Å². The van der Waals surface area contributed by atoms with Crippen LogP contribution < -0.4 is 4.74 Å². The van der Waals surface area contributed by atoms with E-state index in [0.29, 0.717) is 16.9 Å². The Hall–Kier alpha value is -1.87. The summed E-state index contributed by atoms with van der Waals surface area (Å²) < 4.78 is 18.9. The summed E-state index contributed by atoms with van der Waals surface area (Å²) in [4.78, 5) is 12.2. The topological polar surface area (TPSA) is 26.3 Å². The molecule has 4 heteroatoms. The van der Waals surface area contributed by atoms with Crippen molar-refractivity contribution in [1.82, 2.24) is 0 Å². The lowest BCUT2D eigenvalue weighted by Gasteiger charge is -2.08. The summed E-state index contributed by atoms with van der Waals surface area (Å²) in [6.45, 7) is 1.82. The fourth-order valence-corrected chi connectivity index (χ4v) is 2.22. The van der Waals surface area contributed by atoms with E-state index in [1.54, 1.807) is 37.4 Å². The maximum atomic E-state index is 13.8. The summed E-state index contributed by atoms with van der Waals surface area (Å²) in [7, 11) is 1.57. The highest BCUT2D eigenvalue weighted by atomic mass is 35.5. The van der Waals surface area contributed by atoms with Gasteiger partial charge in [0.05, 0.1) is 12.1 Å². The maximum absolute atomic E-state index is 13.8. The SMILES string of the molecule is COc1ccc(C(=O)Cc2cccc(Cl)c2F)c(C)c1. The van der Waals surface area contributed by atoms with Crippen LogP contribution >= 0.6 is 11.6 Å². The van der Waals surface area contributed by atoms with E-state index in [0.717, 1.165) is 5.56 Å². The van der Waals surface area contributed by atoms with Crippen LogP contribution in [0.5, 0.6) is 5.75 Å². The standard InChI is InChI=1S/C16H14ClFO2/c1-10-8-12(20-2)6-7-13(10)15(19)9-11-4-3-5-14(17)16(11)18/h3-8H,9H2,1-2H3. The molecule has 0 aliphatic carbocycles. The van der Waals surface area contributed by atoms with E-state index in [9.17, 15) is 9.18 Å². The Kier molecular flexibility index (Phi) is 4.40. The van der Waals surface area contributed by atoms with Gasteiger partial charge in [-0.1, -0.05) is 23.7 Å². The van der Waals surface area contributed by atoms with Crippen molar-refractivity contribution in [3.05, 3.63) is 63.9 Å². The molecule has 0 aliphatic rings. The molecule has 0 saturated heterocycles. The number of hydrogen-bond acceptors (Lipinski definition) is 2. The average Bonchev–Trinajstić information content (AvgIpc) is 2.43. The first-order chi connectivity index (χ1) is 9.52. The van der Waals surface area contributed by atoms with Gasteiger partial charge in [-0.2, -0.15) is 0 Å². The van der Waals surface area contributed by atoms with Crippen molar-refractivity contribution in [3.63, 3.8) is 0 Å². The largest absolute Gasteiger partial charge is 0.497 e. The summed E-state index contributed by atoms with van der Waals surface area (Å²) in [5.74, 6) is 0.00740. The number of rotatable bonds is 4. The van der Waals surface area contributed by atoms with E-state index in [2.05, 4.69) is 0 Å². The molecule has 0 aromatic heterocycles. The lowest BCUT2D eigenvalue weighted by Crippen LogP contribution is -2.07. The third kappa shape index (κ3) is 2.99. The lowest BCUT2D eigenvalue weighted by molar-refractivity contribution is 0.0991. The molecule has 0 bridgehead atoms. The number of ether oxygens (including phenoxy) is 1. The summed E-state index contributed by atoms with van der Waals surface area (Å²) >= 11 is 5.71. The second-order valence-electron chi connectivity index (χ2n) is 4.49. The summed E-state index contributed by atoms with van der Waals surface area (Å²) in [6.07, 6.45) is -0.0143. The van der Waals surface area contributed by atoms with Crippen LogP contribution in [-0.4, -0.2) is 12.9 Å². The van der Waals surface area contributed by atoms with Crippen LogP contribution in [0.15, 0.2) is 36.4 Å². The molecule has 0 spiro atoms. The van der Waals surface area contributed by atoms with Crippen LogP contribution in [0.25, 0.3) is 0 Å². The van der Waals surface area contributed by atoms with E-state index in [-0.39, 0.29) is 17.2 Å². The van der Waals surface area contributed by atoms with Gasteiger partial charge >= 0.3 is 0 Å². The van der Waals surface area contributed by atoms with Gasteiger partial charge in [-0.3, -0.25) is 4.79 Å². The normalized spacial score (nSPS) is 10.4. The van der Waals surface area contributed by atoms with Crippen molar-refractivity contribution in [2.45, 2.75) is 13.3 Å². The van der Waals surface area contributed by atoms with E-state index in [4.69, 9.17) is 16.3 Å². The monoisotopic (exact) mass is 292 g/mol. The number of carbonyl (C=O) groups is 1. The minimum absolute atomic E-state index is 0.0143. The first kappa shape index (κ1) is 14.5. The molecule has 0 radical (unpaired) electrons. The number of hydrogen-bond donors (Lipinski definition) is 0. The minimum atomic E-state index is -0.534. The van der Waals surface area contributed by atoms with Crippen molar-refractivity contribution in [1.29, 1.82) is 0 Å². The lowest BCUT2D eigenvalue weighted by atomic mass is 9.99. The van der Waals surface area contributed by atoms with E-state index >= 15 is 0 Å². The van der Waals surface area contributed by atoms with E-state index in [1.165, 1.54) is 6.07 Å². The van der Waals surface area contributed by atoms with Crippen LogP contribution in [0.1, 0.15) is 21.5 Å². The molecule has 0 N–H and O–H groups in total.